The Kier molecular flexibility index (Phi) is 4.48. The lowest BCUT2D eigenvalue weighted by atomic mass is 10.3. The van der Waals surface area contributed by atoms with E-state index in [1.54, 1.807) is 24.3 Å². The average Bonchev–Trinajstić information content (AvgIpc) is 3.06. The maximum Gasteiger partial charge on any atom is 0.277 e. The molecule has 2 N–H and O–H groups in total. The van der Waals surface area contributed by atoms with Gasteiger partial charge in [-0.25, -0.2) is 8.42 Å². The fourth-order valence-corrected chi connectivity index (χ4v) is 2.65. The molecule has 0 radical (unpaired) electrons. The summed E-state index contributed by atoms with van der Waals surface area (Å²) in [7, 11) is -3.34. The Balaban J connectivity index is 1.69. The third-order valence-corrected chi connectivity index (χ3v) is 3.76. The highest BCUT2D eigenvalue weighted by Crippen LogP contribution is 2.15. The van der Waals surface area contributed by atoms with Gasteiger partial charge in [-0.3, -0.25) is 9.52 Å². The molecule has 1 heterocycles. The number of benzene rings is 2. The van der Waals surface area contributed by atoms with Gasteiger partial charge in [0.15, 0.2) is 5.69 Å². The first-order valence-corrected chi connectivity index (χ1v) is 9.17. The molecule has 0 unspecified atom stereocenters. The highest BCUT2D eigenvalue weighted by atomic mass is 32.2. The van der Waals surface area contributed by atoms with Crippen LogP contribution in [0.4, 0.5) is 11.4 Å². The minimum atomic E-state index is -3.34. The zero-order valence-corrected chi connectivity index (χ0v) is 14.1. The molecule has 0 saturated carbocycles. The number of carbonyl (C=O) groups is 1. The molecule has 0 saturated heterocycles. The smallest absolute Gasteiger partial charge is 0.277 e. The average molecular weight is 357 g/mol. The standard InChI is InChI=1S/C16H15N5O3S/c1-25(23,24)20-13-9-7-12(8-10-13)18-16(22)15-11-17-21(19-15)14-5-3-2-4-6-14/h2-11,20H,1H3,(H,18,22). The second-order valence-electron chi connectivity index (χ2n) is 5.26. The van der Waals surface area contributed by atoms with E-state index >= 15 is 0 Å². The van der Waals surface area contributed by atoms with Gasteiger partial charge in [0.25, 0.3) is 5.91 Å². The summed E-state index contributed by atoms with van der Waals surface area (Å²) >= 11 is 0. The predicted molar refractivity (Wildman–Crippen MR) is 94.2 cm³/mol. The number of carbonyl (C=O) groups excluding carboxylic acids is 1. The third-order valence-electron chi connectivity index (χ3n) is 3.16. The third kappa shape index (κ3) is 4.42. The Morgan fingerprint density at radius 2 is 1.64 bits per heavy atom. The monoisotopic (exact) mass is 357 g/mol. The van der Waals surface area contributed by atoms with Gasteiger partial charge in [-0.05, 0) is 36.4 Å². The van der Waals surface area contributed by atoms with Crippen LogP contribution in [0.1, 0.15) is 10.5 Å². The molecular formula is C16H15N5O3S. The maximum atomic E-state index is 12.2. The van der Waals surface area contributed by atoms with Crippen molar-refractivity contribution in [1.82, 2.24) is 15.0 Å². The predicted octanol–water partition coefficient (Wildman–Crippen LogP) is 1.89. The van der Waals surface area contributed by atoms with Gasteiger partial charge in [0, 0.05) is 11.4 Å². The highest BCUT2D eigenvalue weighted by molar-refractivity contribution is 7.92. The molecule has 0 bridgehead atoms. The summed E-state index contributed by atoms with van der Waals surface area (Å²) in [6, 6.07) is 15.5. The van der Waals surface area contributed by atoms with Gasteiger partial charge in [-0.1, -0.05) is 18.2 Å². The minimum Gasteiger partial charge on any atom is -0.321 e. The maximum absolute atomic E-state index is 12.2. The molecule has 25 heavy (non-hydrogen) atoms. The van der Waals surface area contributed by atoms with Crippen LogP contribution in [0.2, 0.25) is 0 Å². The first-order chi connectivity index (χ1) is 11.9. The number of amides is 1. The van der Waals surface area contributed by atoms with E-state index < -0.39 is 15.9 Å². The van der Waals surface area contributed by atoms with Crippen LogP contribution in [-0.4, -0.2) is 35.6 Å². The zero-order valence-electron chi connectivity index (χ0n) is 13.2. The molecule has 0 fully saturated rings. The van der Waals surface area contributed by atoms with Gasteiger partial charge in [-0.15, -0.1) is 5.10 Å². The van der Waals surface area contributed by atoms with Crippen molar-refractivity contribution in [3.8, 4) is 5.69 Å². The number of rotatable bonds is 5. The zero-order chi connectivity index (χ0) is 17.9. The first-order valence-electron chi connectivity index (χ1n) is 7.28. The number of aromatic nitrogens is 3. The van der Waals surface area contributed by atoms with Crippen molar-refractivity contribution >= 4 is 27.3 Å². The molecule has 2 aromatic carbocycles. The summed E-state index contributed by atoms with van der Waals surface area (Å²) in [6.45, 7) is 0. The summed E-state index contributed by atoms with van der Waals surface area (Å²) in [6.07, 6.45) is 2.45. The van der Waals surface area contributed by atoms with Crippen molar-refractivity contribution in [1.29, 1.82) is 0 Å². The van der Waals surface area contributed by atoms with Crippen LogP contribution in [0.25, 0.3) is 5.69 Å². The molecule has 128 valence electrons. The number of sulfonamides is 1. The topological polar surface area (TPSA) is 106 Å². The van der Waals surface area contributed by atoms with Crippen molar-refractivity contribution in [3.63, 3.8) is 0 Å². The SMILES string of the molecule is CS(=O)(=O)Nc1ccc(NC(=O)c2cnn(-c3ccccc3)n2)cc1. The first kappa shape index (κ1) is 16.7. The van der Waals surface area contributed by atoms with Crippen LogP contribution in [0.3, 0.4) is 0 Å². The number of nitrogens with zero attached hydrogens (tertiary/aromatic N) is 3. The molecule has 0 aliphatic carbocycles. The minimum absolute atomic E-state index is 0.169. The van der Waals surface area contributed by atoms with Gasteiger partial charge in [0.1, 0.15) is 0 Å². The second kappa shape index (κ2) is 6.73. The molecule has 1 aromatic heterocycles. The van der Waals surface area contributed by atoms with Crippen LogP contribution in [-0.2, 0) is 10.0 Å². The van der Waals surface area contributed by atoms with E-state index in [1.165, 1.54) is 11.0 Å². The lowest BCUT2D eigenvalue weighted by Crippen LogP contribution is -2.13. The molecule has 0 aliphatic heterocycles. The van der Waals surface area contributed by atoms with E-state index in [0.717, 1.165) is 11.9 Å². The number of hydrogen-bond acceptors (Lipinski definition) is 5. The summed E-state index contributed by atoms with van der Waals surface area (Å²) < 4.78 is 24.7. The van der Waals surface area contributed by atoms with Crippen LogP contribution in [0.15, 0.2) is 60.8 Å². The summed E-state index contributed by atoms with van der Waals surface area (Å²) in [5, 5.41) is 10.9. The molecular weight excluding hydrogens is 342 g/mol. The van der Waals surface area contributed by atoms with Gasteiger partial charge in [0.05, 0.1) is 18.1 Å². The highest BCUT2D eigenvalue weighted by Gasteiger charge is 2.12. The van der Waals surface area contributed by atoms with Gasteiger partial charge >= 0.3 is 0 Å². The second-order valence-corrected chi connectivity index (χ2v) is 7.01. The molecule has 3 rings (SSSR count). The van der Waals surface area contributed by atoms with Crippen molar-refractivity contribution in [2.75, 3.05) is 16.3 Å². The Morgan fingerprint density at radius 3 is 2.28 bits per heavy atom. The normalized spacial score (nSPS) is 11.1. The summed E-state index contributed by atoms with van der Waals surface area (Å²) in [5.74, 6) is -0.411. The van der Waals surface area contributed by atoms with Gasteiger partial charge < -0.3 is 5.32 Å². The molecule has 0 spiro atoms. The van der Waals surface area contributed by atoms with E-state index in [9.17, 15) is 13.2 Å². The van der Waals surface area contributed by atoms with Crippen LogP contribution in [0, 0.1) is 0 Å². The molecule has 1 amide bonds. The lowest BCUT2D eigenvalue weighted by molar-refractivity contribution is 0.102. The van der Waals surface area contributed by atoms with E-state index in [1.807, 2.05) is 30.3 Å². The Bertz CT molecular complexity index is 982. The number of hydrogen-bond donors (Lipinski definition) is 2. The van der Waals surface area contributed by atoms with E-state index in [2.05, 4.69) is 20.2 Å². The fraction of sp³-hybridized carbons (Fsp3) is 0.0625. The Labute approximate surface area is 144 Å². The van der Waals surface area contributed by atoms with E-state index in [0.29, 0.717) is 11.4 Å². The fourth-order valence-electron chi connectivity index (χ4n) is 2.08. The summed E-state index contributed by atoms with van der Waals surface area (Å²) in [5.41, 5.74) is 1.84. The number of anilines is 2. The number of para-hydroxylation sites is 1. The van der Waals surface area contributed by atoms with E-state index in [4.69, 9.17) is 0 Å². The molecule has 0 aliphatic rings. The molecule has 3 aromatic rings. The van der Waals surface area contributed by atoms with Crippen molar-refractivity contribution in [2.24, 2.45) is 0 Å². The van der Waals surface area contributed by atoms with Crippen molar-refractivity contribution in [3.05, 3.63) is 66.5 Å². The molecule has 8 nitrogen and oxygen atoms in total. The lowest BCUT2D eigenvalue weighted by Gasteiger charge is -2.06. The quantitative estimate of drug-likeness (QED) is 0.725. The Morgan fingerprint density at radius 1 is 1.00 bits per heavy atom. The van der Waals surface area contributed by atoms with E-state index in [-0.39, 0.29) is 5.69 Å². The molecule has 0 atom stereocenters. The molecule has 9 heteroatoms. The van der Waals surface area contributed by atoms with Crippen LogP contribution < -0.4 is 10.0 Å². The van der Waals surface area contributed by atoms with Crippen molar-refractivity contribution < 1.29 is 13.2 Å². The van der Waals surface area contributed by atoms with Crippen molar-refractivity contribution in [2.45, 2.75) is 0 Å². The van der Waals surface area contributed by atoms with Gasteiger partial charge in [0.2, 0.25) is 10.0 Å². The summed E-state index contributed by atoms with van der Waals surface area (Å²) in [4.78, 5) is 13.6. The Hall–Kier alpha value is -3.20. The van der Waals surface area contributed by atoms with Crippen LogP contribution >= 0.6 is 0 Å². The largest absolute Gasteiger partial charge is 0.321 e. The van der Waals surface area contributed by atoms with Gasteiger partial charge in [-0.2, -0.15) is 9.90 Å². The number of nitrogens with one attached hydrogen (secondary N) is 2. The van der Waals surface area contributed by atoms with Crippen LogP contribution in [0.5, 0.6) is 0 Å².